The summed E-state index contributed by atoms with van der Waals surface area (Å²) in [4.78, 5) is 4.60. The zero-order valence-corrected chi connectivity index (χ0v) is 10.4. The number of nitrogens with zero attached hydrogens (tertiary/aromatic N) is 1. The summed E-state index contributed by atoms with van der Waals surface area (Å²) >= 11 is 0. The molecule has 1 fully saturated rings. The first kappa shape index (κ1) is 11.6. The zero-order valence-electron chi connectivity index (χ0n) is 10.4. The first-order valence-electron chi connectivity index (χ1n) is 6.51. The molecule has 1 atom stereocenters. The average Bonchev–Trinajstić information content (AvgIpc) is 2.72. The molecular weight excluding hydrogens is 200 g/mol. The fourth-order valence-corrected chi connectivity index (χ4v) is 2.42. The van der Waals surface area contributed by atoms with Crippen molar-refractivity contribution in [3.05, 3.63) is 17.3 Å². The average molecular weight is 222 g/mol. The van der Waals surface area contributed by atoms with E-state index in [-0.39, 0.29) is 0 Å². The van der Waals surface area contributed by atoms with Crippen LogP contribution in [0, 0.1) is 5.92 Å². The number of aromatic nitrogens is 1. The highest BCUT2D eigenvalue weighted by molar-refractivity contribution is 5.10. The van der Waals surface area contributed by atoms with Crippen LogP contribution in [0.4, 0.5) is 0 Å². The molecule has 3 nitrogen and oxygen atoms in total. The molecule has 0 spiro atoms. The van der Waals surface area contributed by atoms with Gasteiger partial charge < -0.3 is 9.73 Å². The van der Waals surface area contributed by atoms with Crippen LogP contribution in [0.25, 0.3) is 0 Å². The lowest BCUT2D eigenvalue weighted by Crippen LogP contribution is -2.30. The summed E-state index contributed by atoms with van der Waals surface area (Å²) in [7, 11) is 0. The van der Waals surface area contributed by atoms with Gasteiger partial charge in [-0.15, -0.1) is 0 Å². The van der Waals surface area contributed by atoms with Crippen molar-refractivity contribution >= 4 is 0 Å². The summed E-state index contributed by atoms with van der Waals surface area (Å²) in [6, 6.07) is 0. The monoisotopic (exact) mass is 222 g/mol. The van der Waals surface area contributed by atoms with Gasteiger partial charge in [-0.1, -0.05) is 13.8 Å². The predicted molar refractivity (Wildman–Crippen MR) is 64.6 cm³/mol. The fourth-order valence-electron chi connectivity index (χ4n) is 2.42. The molecule has 0 aromatic carbocycles. The van der Waals surface area contributed by atoms with E-state index in [0.29, 0.717) is 5.92 Å². The molecule has 1 aliphatic heterocycles. The van der Waals surface area contributed by atoms with E-state index in [2.05, 4.69) is 24.1 Å². The number of piperidine rings is 1. The molecule has 0 radical (unpaired) electrons. The van der Waals surface area contributed by atoms with Crippen LogP contribution in [-0.2, 0) is 19.3 Å². The lowest BCUT2D eigenvalue weighted by molar-refractivity contribution is 0.340. The highest BCUT2D eigenvalue weighted by Gasteiger charge is 2.17. The Balaban J connectivity index is 2.00. The molecule has 1 N–H and O–H groups in total. The van der Waals surface area contributed by atoms with Crippen LogP contribution >= 0.6 is 0 Å². The van der Waals surface area contributed by atoms with Gasteiger partial charge in [0.25, 0.3) is 0 Å². The number of nitrogens with one attached hydrogen (secondary N) is 1. The van der Waals surface area contributed by atoms with E-state index >= 15 is 0 Å². The van der Waals surface area contributed by atoms with Gasteiger partial charge in [0.05, 0.1) is 5.69 Å². The Morgan fingerprint density at radius 3 is 2.81 bits per heavy atom. The minimum Gasteiger partial charge on any atom is -0.445 e. The van der Waals surface area contributed by atoms with Crippen LogP contribution in [0.15, 0.2) is 4.42 Å². The largest absolute Gasteiger partial charge is 0.445 e. The van der Waals surface area contributed by atoms with Gasteiger partial charge in [0.2, 0.25) is 0 Å². The molecular formula is C13H22N2O. The molecule has 0 amide bonds. The molecule has 1 unspecified atom stereocenters. The summed E-state index contributed by atoms with van der Waals surface area (Å²) in [6.45, 7) is 6.56. The second-order valence-electron chi connectivity index (χ2n) is 4.60. The summed E-state index contributed by atoms with van der Waals surface area (Å²) in [5.74, 6) is 2.74. The first-order chi connectivity index (χ1) is 7.83. The van der Waals surface area contributed by atoms with Crippen LogP contribution in [0.5, 0.6) is 0 Å². The highest BCUT2D eigenvalue weighted by Crippen LogP contribution is 2.19. The van der Waals surface area contributed by atoms with Gasteiger partial charge in [0.15, 0.2) is 5.89 Å². The second kappa shape index (κ2) is 5.48. The van der Waals surface area contributed by atoms with Crippen LogP contribution in [0.1, 0.15) is 44.0 Å². The van der Waals surface area contributed by atoms with Gasteiger partial charge in [-0.2, -0.15) is 0 Å². The summed E-state index contributed by atoms with van der Waals surface area (Å²) in [5.41, 5.74) is 1.15. The molecule has 90 valence electrons. The van der Waals surface area contributed by atoms with Crippen molar-refractivity contribution in [2.24, 2.45) is 5.92 Å². The maximum atomic E-state index is 5.82. The van der Waals surface area contributed by atoms with Gasteiger partial charge in [-0.05, 0) is 38.3 Å². The maximum absolute atomic E-state index is 5.82. The Morgan fingerprint density at radius 2 is 2.25 bits per heavy atom. The molecule has 1 aromatic heterocycles. The minimum absolute atomic E-state index is 0.710. The number of oxazole rings is 1. The number of hydrogen-bond donors (Lipinski definition) is 1. The standard InChI is InChI=1S/C13H22N2O/c1-3-11-12(4-2)16-13(15-11)8-10-6-5-7-14-9-10/h10,14H,3-9H2,1-2H3. The fraction of sp³-hybridized carbons (Fsp3) is 0.769. The van der Waals surface area contributed by atoms with Crippen molar-refractivity contribution in [3.8, 4) is 0 Å². The molecule has 1 aliphatic rings. The van der Waals surface area contributed by atoms with Crippen molar-refractivity contribution in [1.29, 1.82) is 0 Å². The molecule has 0 aliphatic carbocycles. The van der Waals surface area contributed by atoms with Crippen molar-refractivity contribution in [2.75, 3.05) is 13.1 Å². The summed E-state index contributed by atoms with van der Waals surface area (Å²) < 4.78 is 5.82. The topological polar surface area (TPSA) is 38.1 Å². The normalized spacial score (nSPS) is 21.2. The van der Waals surface area contributed by atoms with Crippen molar-refractivity contribution in [1.82, 2.24) is 10.3 Å². The van der Waals surface area contributed by atoms with E-state index in [1.165, 1.54) is 19.4 Å². The van der Waals surface area contributed by atoms with E-state index in [4.69, 9.17) is 4.42 Å². The molecule has 2 rings (SSSR count). The minimum atomic E-state index is 0.710. The predicted octanol–water partition coefficient (Wildman–Crippen LogP) is 2.34. The molecule has 0 saturated carbocycles. The van der Waals surface area contributed by atoms with Crippen molar-refractivity contribution in [2.45, 2.75) is 46.0 Å². The molecule has 16 heavy (non-hydrogen) atoms. The van der Waals surface area contributed by atoms with Gasteiger partial charge in [-0.3, -0.25) is 0 Å². The van der Waals surface area contributed by atoms with Crippen LogP contribution in [-0.4, -0.2) is 18.1 Å². The number of rotatable bonds is 4. The number of aryl methyl sites for hydroxylation is 2. The molecule has 0 bridgehead atoms. The Kier molecular flexibility index (Phi) is 3.99. The quantitative estimate of drug-likeness (QED) is 0.849. The SMILES string of the molecule is CCc1nc(CC2CCCNC2)oc1CC. The van der Waals surface area contributed by atoms with Crippen LogP contribution < -0.4 is 5.32 Å². The van der Waals surface area contributed by atoms with Crippen LogP contribution in [0.3, 0.4) is 0 Å². The number of hydrogen-bond acceptors (Lipinski definition) is 3. The maximum Gasteiger partial charge on any atom is 0.194 e. The smallest absolute Gasteiger partial charge is 0.194 e. The Hall–Kier alpha value is -0.830. The third kappa shape index (κ3) is 2.64. The molecule has 1 aromatic rings. The summed E-state index contributed by atoms with van der Waals surface area (Å²) in [6.07, 6.45) is 5.53. The molecule has 2 heterocycles. The Labute approximate surface area is 97.6 Å². The Bertz CT molecular complexity index is 305. The van der Waals surface area contributed by atoms with E-state index in [0.717, 1.165) is 43.2 Å². The Morgan fingerprint density at radius 1 is 1.38 bits per heavy atom. The van der Waals surface area contributed by atoms with Gasteiger partial charge in [0.1, 0.15) is 5.76 Å². The highest BCUT2D eigenvalue weighted by atomic mass is 16.4. The summed E-state index contributed by atoms with van der Waals surface area (Å²) in [5, 5.41) is 3.44. The van der Waals surface area contributed by atoms with E-state index in [1.54, 1.807) is 0 Å². The third-order valence-corrected chi connectivity index (χ3v) is 3.34. The molecule has 3 heteroatoms. The third-order valence-electron chi connectivity index (χ3n) is 3.34. The van der Waals surface area contributed by atoms with Crippen molar-refractivity contribution in [3.63, 3.8) is 0 Å². The lowest BCUT2D eigenvalue weighted by atomic mass is 9.96. The first-order valence-corrected chi connectivity index (χ1v) is 6.51. The van der Waals surface area contributed by atoms with E-state index in [1.807, 2.05) is 0 Å². The molecule has 1 saturated heterocycles. The van der Waals surface area contributed by atoms with Crippen molar-refractivity contribution < 1.29 is 4.42 Å². The second-order valence-corrected chi connectivity index (χ2v) is 4.60. The van der Waals surface area contributed by atoms with E-state index < -0.39 is 0 Å². The van der Waals surface area contributed by atoms with Gasteiger partial charge >= 0.3 is 0 Å². The van der Waals surface area contributed by atoms with Gasteiger partial charge in [-0.25, -0.2) is 4.98 Å². The van der Waals surface area contributed by atoms with E-state index in [9.17, 15) is 0 Å². The lowest BCUT2D eigenvalue weighted by Gasteiger charge is -2.21. The van der Waals surface area contributed by atoms with Crippen LogP contribution in [0.2, 0.25) is 0 Å². The zero-order chi connectivity index (χ0) is 11.4. The van der Waals surface area contributed by atoms with Gasteiger partial charge in [0, 0.05) is 12.8 Å².